The second-order valence-corrected chi connectivity index (χ2v) is 6.60. The number of anilines is 1. The lowest BCUT2D eigenvalue weighted by Gasteiger charge is -2.16. The van der Waals surface area contributed by atoms with Crippen molar-refractivity contribution in [3.8, 4) is 0 Å². The predicted molar refractivity (Wildman–Crippen MR) is 103 cm³/mol. The molecule has 4 rings (SSSR count). The van der Waals surface area contributed by atoms with E-state index >= 15 is 0 Å². The predicted octanol–water partition coefficient (Wildman–Crippen LogP) is 4.62. The van der Waals surface area contributed by atoms with Crippen molar-refractivity contribution in [3.63, 3.8) is 0 Å². The molecule has 0 saturated carbocycles. The number of nitrogens with one attached hydrogen (secondary N) is 1. The van der Waals surface area contributed by atoms with Gasteiger partial charge >= 0.3 is 0 Å². The summed E-state index contributed by atoms with van der Waals surface area (Å²) in [6.07, 6.45) is 2.12. The number of nitrogens with zero attached hydrogens (tertiary/aromatic N) is 3. The second kappa shape index (κ2) is 6.55. The molecule has 2 heterocycles. The van der Waals surface area contributed by atoms with Gasteiger partial charge in [0.25, 0.3) is 0 Å². The number of hydrogen-bond donors (Lipinski definition) is 1. The molecular weight excluding hydrogens is 308 g/mol. The third-order valence-electron chi connectivity index (χ3n) is 4.52. The van der Waals surface area contributed by atoms with Crippen LogP contribution >= 0.6 is 0 Å². The van der Waals surface area contributed by atoms with Crippen molar-refractivity contribution in [3.05, 3.63) is 71.9 Å². The van der Waals surface area contributed by atoms with E-state index in [1.165, 1.54) is 5.56 Å². The monoisotopic (exact) mass is 330 g/mol. The minimum absolute atomic E-state index is 0.336. The van der Waals surface area contributed by atoms with E-state index in [4.69, 9.17) is 4.98 Å². The molecule has 126 valence electrons. The van der Waals surface area contributed by atoms with E-state index < -0.39 is 0 Å². The summed E-state index contributed by atoms with van der Waals surface area (Å²) in [4.78, 5) is 4.81. The highest BCUT2D eigenvalue weighted by Crippen LogP contribution is 2.24. The Labute approximate surface area is 147 Å². The van der Waals surface area contributed by atoms with Crippen molar-refractivity contribution >= 4 is 22.4 Å². The van der Waals surface area contributed by atoms with Crippen molar-refractivity contribution in [1.29, 1.82) is 0 Å². The van der Waals surface area contributed by atoms with E-state index in [-0.39, 0.29) is 0 Å². The molecule has 4 nitrogen and oxygen atoms in total. The minimum Gasteiger partial charge on any atom is -0.367 e. The summed E-state index contributed by atoms with van der Waals surface area (Å²) in [5.74, 6) is 0.934. The molecule has 4 aromatic rings. The van der Waals surface area contributed by atoms with Gasteiger partial charge in [-0.15, -0.1) is 0 Å². The topological polar surface area (TPSA) is 42.2 Å². The van der Waals surface area contributed by atoms with Crippen molar-refractivity contribution < 1.29 is 0 Å². The Morgan fingerprint density at radius 2 is 1.80 bits per heavy atom. The first-order valence-electron chi connectivity index (χ1n) is 8.76. The van der Waals surface area contributed by atoms with Crippen molar-refractivity contribution in [2.75, 3.05) is 5.32 Å². The molecule has 1 N–H and O–H groups in total. The van der Waals surface area contributed by atoms with Crippen molar-refractivity contribution in [1.82, 2.24) is 14.6 Å². The summed E-state index contributed by atoms with van der Waals surface area (Å²) in [5, 5.41) is 9.27. The second-order valence-electron chi connectivity index (χ2n) is 6.60. The molecule has 0 aliphatic rings. The van der Waals surface area contributed by atoms with E-state index in [0.717, 1.165) is 40.9 Å². The fraction of sp³-hybridized carbons (Fsp3) is 0.238. The standard InChI is InChI=1S/C21H22N4/c1-15(12-13-17-8-4-3-5-9-17)22-21-18-10-6-7-11-19(18)25-20(23-21)14-16(2)24-25/h3-11,14-15H,12-13H2,1-2H3,(H,22,23)/t15-/m0/s1. The van der Waals surface area contributed by atoms with Crippen LogP contribution in [0, 0.1) is 6.92 Å². The number of hydrogen-bond acceptors (Lipinski definition) is 3. The number of aryl methyl sites for hydroxylation is 2. The lowest BCUT2D eigenvalue weighted by atomic mass is 10.1. The minimum atomic E-state index is 0.336. The summed E-state index contributed by atoms with van der Waals surface area (Å²) in [7, 11) is 0. The Morgan fingerprint density at radius 1 is 1.04 bits per heavy atom. The Kier molecular flexibility index (Phi) is 4.10. The van der Waals surface area contributed by atoms with Crippen LogP contribution in [-0.2, 0) is 6.42 Å². The number of fused-ring (bicyclic) bond motifs is 3. The average Bonchev–Trinajstić information content (AvgIpc) is 3.01. The molecule has 0 fully saturated rings. The van der Waals surface area contributed by atoms with Crippen molar-refractivity contribution in [2.45, 2.75) is 32.7 Å². The molecule has 2 aromatic heterocycles. The Balaban J connectivity index is 1.61. The van der Waals surface area contributed by atoms with Crippen LogP contribution in [0.1, 0.15) is 24.6 Å². The molecule has 0 bridgehead atoms. The maximum atomic E-state index is 4.81. The van der Waals surface area contributed by atoms with Crippen LogP contribution in [0.3, 0.4) is 0 Å². The zero-order chi connectivity index (χ0) is 17.2. The fourth-order valence-corrected chi connectivity index (χ4v) is 3.22. The normalized spacial score (nSPS) is 12.6. The maximum absolute atomic E-state index is 4.81. The van der Waals surface area contributed by atoms with Gasteiger partial charge < -0.3 is 5.32 Å². The van der Waals surface area contributed by atoms with Crippen LogP contribution in [0.5, 0.6) is 0 Å². The first-order chi connectivity index (χ1) is 12.2. The van der Waals surface area contributed by atoms with E-state index in [1.54, 1.807) is 0 Å². The van der Waals surface area contributed by atoms with Gasteiger partial charge in [-0.25, -0.2) is 9.50 Å². The highest BCUT2D eigenvalue weighted by atomic mass is 15.3. The van der Waals surface area contributed by atoms with E-state index in [2.05, 4.69) is 59.8 Å². The van der Waals surface area contributed by atoms with E-state index in [1.807, 2.05) is 29.6 Å². The van der Waals surface area contributed by atoms with E-state index in [9.17, 15) is 0 Å². The molecule has 0 saturated heterocycles. The molecule has 0 spiro atoms. The molecule has 0 unspecified atom stereocenters. The summed E-state index contributed by atoms with van der Waals surface area (Å²) in [5.41, 5.74) is 4.31. The van der Waals surface area contributed by atoms with Gasteiger partial charge in [0.2, 0.25) is 0 Å². The average molecular weight is 330 g/mol. The molecule has 2 aromatic carbocycles. The fourth-order valence-electron chi connectivity index (χ4n) is 3.22. The molecule has 0 radical (unpaired) electrons. The van der Waals surface area contributed by atoms with Gasteiger partial charge in [-0.1, -0.05) is 42.5 Å². The summed E-state index contributed by atoms with van der Waals surface area (Å²) in [6, 6.07) is 21.3. The SMILES string of the molecule is Cc1cc2nc(N[C@@H](C)CCc3ccccc3)c3ccccc3n2n1. The highest BCUT2D eigenvalue weighted by Gasteiger charge is 2.12. The van der Waals surface area contributed by atoms with Crippen LogP contribution in [0.25, 0.3) is 16.6 Å². The van der Waals surface area contributed by atoms with Gasteiger partial charge in [-0.3, -0.25) is 0 Å². The van der Waals surface area contributed by atoms with Crippen LogP contribution in [0.4, 0.5) is 5.82 Å². The summed E-state index contributed by atoms with van der Waals surface area (Å²) in [6.45, 7) is 4.21. The Morgan fingerprint density at radius 3 is 2.64 bits per heavy atom. The number of aromatic nitrogens is 3. The zero-order valence-corrected chi connectivity index (χ0v) is 14.6. The lowest BCUT2D eigenvalue weighted by molar-refractivity contribution is 0.704. The van der Waals surface area contributed by atoms with Gasteiger partial charge in [-0.05, 0) is 44.4 Å². The van der Waals surface area contributed by atoms with Gasteiger partial charge in [-0.2, -0.15) is 5.10 Å². The van der Waals surface area contributed by atoms with Gasteiger partial charge in [0.1, 0.15) is 5.82 Å². The molecule has 1 atom stereocenters. The molecule has 0 amide bonds. The molecule has 4 heteroatoms. The van der Waals surface area contributed by atoms with Gasteiger partial charge in [0.05, 0.1) is 11.2 Å². The molecule has 25 heavy (non-hydrogen) atoms. The largest absolute Gasteiger partial charge is 0.367 e. The number of rotatable bonds is 5. The zero-order valence-electron chi connectivity index (χ0n) is 14.6. The number of benzene rings is 2. The maximum Gasteiger partial charge on any atom is 0.158 e. The van der Waals surface area contributed by atoms with Gasteiger partial charge in [0, 0.05) is 17.5 Å². The van der Waals surface area contributed by atoms with E-state index in [0.29, 0.717) is 6.04 Å². The summed E-state index contributed by atoms with van der Waals surface area (Å²) < 4.78 is 1.92. The lowest BCUT2D eigenvalue weighted by Crippen LogP contribution is -2.17. The number of para-hydroxylation sites is 1. The molecule has 0 aliphatic heterocycles. The highest BCUT2D eigenvalue weighted by molar-refractivity contribution is 5.91. The third kappa shape index (κ3) is 3.20. The molecular formula is C21H22N4. The third-order valence-corrected chi connectivity index (χ3v) is 4.52. The summed E-state index contributed by atoms with van der Waals surface area (Å²) >= 11 is 0. The molecule has 0 aliphatic carbocycles. The Bertz CT molecular complexity index is 1000. The smallest absolute Gasteiger partial charge is 0.158 e. The quantitative estimate of drug-likeness (QED) is 0.580. The van der Waals surface area contributed by atoms with Crippen LogP contribution in [0.15, 0.2) is 60.7 Å². The first kappa shape index (κ1) is 15.6. The first-order valence-corrected chi connectivity index (χ1v) is 8.76. The van der Waals surface area contributed by atoms with Crippen LogP contribution < -0.4 is 5.32 Å². The van der Waals surface area contributed by atoms with Crippen LogP contribution in [-0.4, -0.2) is 20.6 Å². The van der Waals surface area contributed by atoms with Crippen molar-refractivity contribution in [2.24, 2.45) is 0 Å². The van der Waals surface area contributed by atoms with Gasteiger partial charge in [0.15, 0.2) is 5.65 Å². The Hall–Kier alpha value is -2.88. The van der Waals surface area contributed by atoms with Crippen LogP contribution in [0.2, 0.25) is 0 Å².